The van der Waals surface area contributed by atoms with E-state index >= 15 is 0 Å². The van der Waals surface area contributed by atoms with Gasteiger partial charge < -0.3 is 15.0 Å². The molecule has 1 amide bonds. The molecule has 2 aliphatic rings. The summed E-state index contributed by atoms with van der Waals surface area (Å²) in [6.07, 6.45) is 1.73. The molecule has 1 unspecified atom stereocenters. The van der Waals surface area contributed by atoms with Crippen LogP contribution in [-0.4, -0.2) is 12.5 Å². The van der Waals surface area contributed by atoms with Gasteiger partial charge in [-0.3, -0.25) is 4.79 Å². The van der Waals surface area contributed by atoms with Crippen molar-refractivity contribution >= 4 is 17.3 Å². The number of fused-ring (bicyclic) bond motifs is 3. The highest BCUT2D eigenvalue weighted by Gasteiger charge is 2.53. The normalized spacial score (nSPS) is 22.2. The second-order valence-electron chi connectivity index (χ2n) is 5.47. The Morgan fingerprint density at radius 2 is 2.00 bits per heavy atom. The molecule has 0 saturated heterocycles. The van der Waals surface area contributed by atoms with Crippen molar-refractivity contribution in [1.29, 1.82) is 0 Å². The number of nitrogens with zero attached hydrogens (tertiary/aromatic N) is 1. The van der Waals surface area contributed by atoms with E-state index in [0.29, 0.717) is 13.2 Å². The molecule has 4 rings (SSSR count). The van der Waals surface area contributed by atoms with Gasteiger partial charge in [-0.25, -0.2) is 0 Å². The molecule has 4 nitrogen and oxygen atoms in total. The van der Waals surface area contributed by atoms with Gasteiger partial charge in [0.1, 0.15) is 0 Å². The molecule has 2 aromatic carbocycles. The lowest BCUT2D eigenvalue weighted by Gasteiger charge is -2.35. The van der Waals surface area contributed by atoms with Crippen molar-refractivity contribution in [1.82, 2.24) is 0 Å². The van der Waals surface area contributed by atoms with Crippen molar-refractivity contribution < 1.29 is 9.53 Å². The third-order valence-corrected chi connectivity index (χ3v) is 4.20. The zero-order chi connectivity index (χ0) is 15.2. The fourth-order valence-electron chi connectivity index (χ4n) is 3.17. The summed E-state index contributed by atoms with van der Waals surface area (Å²) in [5, 5.41) is 3.32. The largest absolute Gasteiger partial charge is 0.345 e. The van der Waals surface area contributed by atoms with Crippen LogP contribution < -0.4 is 10.2 Å². The Balaban J connectivity index is 1.86. The number of nitrogens with one attached hydrogen (secondary N) is 1. The average Bonchev–Trinajstić information content (AvgIpc) is 2.78. The van der Waals surface area contributed by atoms with Crippen LogP contribution in [0.4, 0.5) is 11.4 Å². The number of benzene rings is 2. The monoisotopic (exact) mass is 292 g/mol. The minimum atomic E-state index is -1.13. The van der Waals surface area contributed by atoms with Crippen LogP contribution in [0.25, 0.3) is 0 Å². The standard InChI is InChI=1S/C18H16N2O2/c1-2-11-20-16-10-6-4-8-14(16)18(17(20)21)19-15-9-5-3-7-13(15)12-22-18/h2-10,19H,1,11-12H2. The van der Waals surface area contributed by atoms with Crippen LogP contribution >= 0.6 is 0 Å². The molecule has 4 heteroatoms. The number of rotatable bonds is 2. The molecule has 0 aromatic heterocycles. The Bertz CT molecular complexity index is 771. The van der Waals surface area contributed by atoms with Crippen molar-refractivity contribution in [2.24, 2.45) is 0 Å². The predicted molar refractivity (Wildman–Crippen MR) is 85.5 cm³/mol. The maximum Gasteiger partial charge on any atom is 0.285 e. The van der Waals surface area contributed by atoms with Crippen LogP contribution in [0.1, 0.15) is 11.1 Å². The summed E-state index contributed by atoms with van der Waals surface area (Å²) in [6.45, 7) is 4.62. The van der Waals surface area contributed by atoms with Gasteiger partial charge >= 0.3 is 0 Å². The zero-order valence-electron chi connectivity index (χ0n) is 12.1. The van der Waals surface area contributed by atoms with Crippen molar-refractivity contribution in [2.75, 3.05) is 16.8 Å². The van der Waals surface area contributed by atoms with E-state index in [2.05, 4.69) is 11.9 Å². The van der Waals surface area contributed by atoms with Gasteiger partial charge in [0.2, 0.25) is 5.72 Å². The summed E-state index contributed by atoms with van der Waals surface area (Å²) in [5.74, 6) is -0.0943. The molecule has 1 atom stereocenters. The molecular formula is C18H16N2O2. The first-order valence-electron chi connectivity index (χ1n) is 7.29. The van der Waals surface area contributed by atoms with Gasteiger partial charge in [0, 0.05) is 23.4 Å². The lowest BCUT2D eigenvalue weighted by molar-refractivity contribution is -0.142. The molecular weight excluding hydrogens is 276 g/mol. The SMILES string of the molecule is C=CCN1C(=O)C2(Nc3ccccc3CO2)c2ccccc21. The van der Waals surface area contributed by atoms with Gasteiger partial charge in [0.05, 0.1) is 12.3 Å². The zero-order valence-corrected chi connectivity index (χ0v) is 12.1. The Hall–Kier alpha value is -2.59. The molecule has 2 aromatic rings. The molecule has 0 radical (unpaired) electrons. The lowest BCUT2D eigenvalue weighted by atomic mass is 10.0. The van der Waals surface area contributed by atoms with E-state index in [1.807, 2.05) is 48.5 Å². The molecule has 110 valence electrons. The van der Waals surface area contributed by atoms with Crippen LogP contribution in [0, 0.1) is 0 Å². The van der Waals surface area contributed by atoms with Crippen LogP contribution in [0.2, 0.25) is 0 Å². The molecule has 0 bridgehead atoms. The maximum absolute atomic E-state index is 13.0. The van der Waals surface area contributed by atoms with Crippen molar-refractivity contribution in [3.63, 3.8) is 0 Å². The van der Waals surface area contributed by atoms with Crippen molar-refractivity contribution in [2.45, 2.75) is 12.3 Å². The molecule has 2 aliphatic heterocycles. The van der Waals surface area contributed by atoms with Gasteiger partial charge in [-0.2, -0.15) is 0 Å². The first-order chi connectivity index (χ1) is 10.8. The number of hydrogen-bond donors (Lipinski definition) is 1. The summed E-state index contributed by atoms with van der Waals surface area (Å²) in [7, 11) is 0. The van der Waals surface area contributed by atoms with E-state index in [0.717, 1.165) is 22.5 Å². The Labute approximate surface area is 129 Å². The molecule has 22 heavy (non-hydrogen) atoms. The highest BCUT2D eigenvalue weighted by molar-refractivity contribution is 6.08. The van der Waals surface area contributed by atoms with Crippen LogP contribution in [0.15, 0.2) is 61.2 Å². The second kappa shape index (κ2) is 4.71. The second-order valence-corrected chi connectivity index (χ2v) is 5.47. The molecule has 0 aliphatic carbocycles. The summed E-state index contributed by atoms with van der Waals surface area (Å²) >= 11 is 0. The van der Waals surface area contributed by atoms with Crippen LogP contribution in [0.3, 0.4) is 0 Å². The van der Waals surface area contributed by atoms with Crippen LogP contribution in [0.5, 0.6) is 0 Å². The van der Waals surface area contributed by atoms with E-state index in [4.69, 9.17) is 4.74 Å². The Morgan fingerprint density at radius 3 is 2.86 bits per heavy atom. The van der Waals surface area contributed by atoms with Crippen LogP contribution in [-0.2, 0) is 21.9 Å². The molecule has 1 spiro atoms. The number of amides is 1. The minimum Gasteiger partial charge on any atom is -0.345 e. The van der Waals surface area contributed by atoms with Crippen molar-refractivity contribution in [3.05, 3.63) is 72.3 Å². The van der Waals surface area contributed by atoms with E-state index in [1.165, 1.54) is 0 Å². The van der Waals surface area contributed by atoms with Gasteiger partial charge in [-0.1, -0.05) is 42.5 Å². The molecule has 1 N–H and O–H groups in total. The quantitative estimate of drug-likeness (QED) is 0.865. The third-order valence-electron chi connectivity index (χ3n) is 4.20. The fourth-order valence-corrected chi connectivity index (χ4v) is 3.17. The molecule has 2 heterocycles. The summed E-state index contributed by atoms with van der Waals surface area (Å²) < 4.78 is 6.03. The Morgan fingerprint density at radius 1 is 1.23 bits per heavy atom. The molecule has 0 fully saturated rings. The maximum atomic E-state index is 13.0. The van der Waals surface area contributed by atoms with Gasteiger partial charge in [0.15, 0.2) is 0 Å². The summed E-state index contributed by atoms with van der Waals surface area (Å²) in [5.41, 5.74) is 2.60. The minimum absolute atomic E-state index is 0.0943. The third kappa shape index (κ3) is 1.64. The average molecular weight is 292 g/mol. The predicted octanol–water partition coefficient (Wildman–Crippen LogP) is 3.01. The van der Waals surface area contributed by atoms with Gasteiger partial charge in [0.25, 0.3) is 5.91 Å². The smallest absolute Gasteiger partial charge is 0.285 e. The summed E-state index contributed by atoms with van der Waals surface area (Å²) in [4.78, 5) is 14.7. The number of carbonyl (C=O) groups excluding carboxylic acids is 1. The number of para-hydroxylation sites is 2. The van der Waals surface area contributed by atoms with E-state index in [1.54, 1.807) is 11.0 Å². The number of hydrogen-bond acceptors (Lipinski definition) is 3. The Kier molecular flexibility index (Phi) is 2.81. The van der Waals surface area contributed by atoms with E-state index < -0.39 is 5.72 Å². The first-order valence-corrected chi connectivity index (χ1v) is 7.29. The van der Waals surface area contributed by atoms with E-state index in [9.17, 15) is 4.79 Å². The first kappa shape index (κ1) is 13.1. The lowest BCUT2D eigenvalue weighted by Crippen LogP contribution is -2.50. The molecule has 0 saturated carbocycles. The number of anilines is 2. The topological polar surface area (TPSA) is 41.6 Å². The van der Waals surface area contributed by atoms with Gasteiger partial charge in [-0.15, -0.1) is 6.58 Å². The number of ether oxygens (including phenoxy) is 1. The van der Waals surface area contributed by atoms with Gasteiger partial charge in [-0.05, 0) is 12.1 Å². The highest BCUT2D eigenvalue weighted by Crippen LogP contribution is 2.46. The number of carbonyl (C=O) groups is 1. The summed E-state index contributed by atoms with van der Waals surface area (Å²) in [6, 6.07) is 15.6. The fraction of sp³-hybridized carbons (Fsp3) is 0.167. The van der Waals surface area contributed by atoms with Crippen molar-refractivity contribution in [3.8, 4) is 0 Å². The van der Waals surface area contributed by atoms with E-state index in [-0.39, 0.29) is 5.91 Å². The highest BCUT2D eigenvalue weighted by atomic mass is 16.5.